The Labute approximate surface area is 68.3 Å². The average molecular weight is 170 g/mol. The summed E-state index contributed by atoms with van der Waals surface area (Å²) in [6.45, 7) is -1.80. The Kier molecular flexibility index (Phi) is 1.62. The molecule has 0 amide bonds. The maximum absolute atomic E-state index is 12.4. The molecule has 1 aromatic carbocycles. The molecule has 1 heterocycles. The Hall–Kier alpha value is -1.29. The van der Waals surface area contributed by atoms with E-state index in [1.165, 1.54) is 0 Å². The van der Waals surface area contributed by atoms with Crippen molar-refractivity contribution in [1.29, 1.82) is 0 Å². The summed E-state index contributed by atoms with van der Waals surface area (Å²) in [5, 5.41) is 8.74. The van der Waals surface area contributed by atoms with Crippen molar-refractivity contribution in [2.45, 2.75) is 13.2 Å². The van der Waals surface area contributed by atoms with E-state index in [4.69, 9.17) is 5.11 Å². The second kappa shape index (κ2) is 2.64. The van der Waals surface area contributed by atoms with Crippen molar-refractivity contribution >= 4 is 0 Å². The number of alkyl halides is 1. The van der Waals surface area contributed by atoms with E-state index in [1.807, 2.05) is 0 Å². The summed E-state index contributed by atoms with van der Waals surface area (Å²) >= 11 is 0. The molecule has 1 N–H and O–H groups in total. The van der Waals surface area contributed by atoms with Crippen LogP contribution in [0.3, 0.4) is 0 Å². The van der Waals surface area contributed by atoms with Crippen LogP contribution in [0, 0.1) is 0 Å². The molecular formula is C8H7FO3. The molecule has 12 heavy (non-hydrogen) atoms. The van der Waals surface area contributed by atoms with E-state index in [-0.39, 0.29) is 6.61 Å². The van der Waals surface area contributed by atoms with Gasteiger partial charge in [0.1, 0.15) is 0 Å². The fraction of sp³-hybridized carbons (Fsp3) is 0.250. The minimum Gasteiger partial charge on any atom is -0.425 e. The first-order chi connectivity index (χ1) is 5.79. The zero-order valence-corrected chi connectivity index (χ0v) is 6.16. The Morgan fingerprint density at radius 1 is 1.33 bits per heavy atom. The number of rotatable bonds is 1. The predicted molar refractivity (Wildman–Crippen MR) is 38.5 cm³/mol. The number of aliphatic hydroxyl groups is 1. The SMILES string of the molecule is OCc1ccc2c(c1)OC(F)O2. The van der Waals surface area contributed by atoms with Crippen molar-refractivity contribution in [2.75, 3.05) is 0 Å². The molecule has 1 unspecified atom stereocenters. The van der Waals surface area contributed by atoms with Gasteiger partial charge in [0, 0.05) is 0 Å². The lowest BCUT2D eigenvalue weighted by molar-refractivity contribution is -0.0652. The van der Waals surface area contributed by atoms with Crippen molar-refractivity contribution in [3.8, 4) is 11.5 Å². The summed E-state index contributed by atoms with van der Waals surface area (Å²) in [5.74, 6) is 0.716. The minimum absolute atomic E-state index is 0.0897. The third-order valence-electron chi connectivity index (χ3n) is 1.63. The van der Waals surface area contributed by atoms with Crippen molar-refractivity contribution in [3.63, 3.8) is 0 Å². The third kappa shape index (κ3) is 1.10. The summed E-state index contributed by atoms with van der Waals surface area (Å²) in [6.07, 6.45) is 0. The lowest BCUT2D eigenvalue weighted by atomic mass is 10.2. The maximum atomic E-state index is 12.4. The molecule has 2 rings (SSSR count). The number of aliphatic hydroxyl groups excluding tert-OH is 1. The van der Waals surface area contributed by atoms with Gasteiger partial charge in [0.15, 0.2) is 11.5 Å². The number of hydrogen-bond donors (Lipinski definition) is 1. The molecule has 0 aliphatic carbocycles. The number of halogens is 1. The maximum Gasteiger partial charge on any atom is 0.397 e. The van der Waals surface area contributed by atoms with E-state index in [1.54, 1.807) is 18.2 Å². The molecular weight excluding hydrogens is 163 g/mol. The summed E-state index contributed by atoms with van der Waals surface area (Å²) < 4.78 is 21.7. The predicted octanol–water partition coefficient (Wildman–Crippen LogP) is 1.20. The van der Waals surface area contributed by atoms with Crippen LogP contribution in [0.25, 0.3) is 0 Å². The Balaban J connectivity index is 2.35. The molecule has 0 spiro atoms. The molecule has 0 saturated heterocycles. The summed E-state index contributed by atoms with van der Waals surface area (Å²) in [5.41, 5.74) is 0.673. The smallest absolute Gasteiger partial charge is 0.397 e. The molecule has 1 atom stereocenters. The second-order valence-electron chi connectivity index (χ2n) is 2.45. The van der Waals surface area contributed by atoms with Crippen LogP contribution in [0.2, 0.25) is 0 Å². The molecule has 1 aromatic rings. The van der Waals surface area contributed by atoms with E-state index in [9.17, 15) is 4.39 Å². The normalized spacial score (nSPS) is 19.7. The van der Waals surface area contributed by atoms with Gasteiger partial charge in [0.25, 0.3) is 0 Å². The van der Waals surface area contributed by atoms with E-state index in [2.05, 4.69) is 9.47 Å². The van der Waals surface area contributed by atoms with Gasteiger partial charge in [-0.05, 0) is 17.7 Å². The highest BCUT2D eigenvalue weighted by molar-refractivity contribution is 5.44. The highest BCUT2D eigenvalue weighted by Crippen LogP contribution is 2.35. The van der Waals surface area contributed by atoms with Crippen molar-refractivity contribution in [1.82, 2.24) is 0 Å². The standard InChI is InChI=1S/C8H7FO3/c9-8-11-6-2-1-5(4-10)3-7(6)12-8/h1-3,8,10H,4H2. The van der Waals surface area contributed by atoms with Crippen LogP contribution >= 0.6 is 0 Å². The highest BCUT2D eigenvalue weighted by Gasteiger charge is 2.22. The van der Waals surface area contributed by atoms with Crippen LogP contribution in [-0.4, -0.2) is 11.7 Å². The van der Waals surface area contributed by atoms with Crippen molar-refractivity contribution in [3.05, 3.63) is 23.8 Å². The van der Waals surface area contributed by atoms with Gasteiger partial charge in [0.2, 0.25) is 0 Å². The molecule has 0 fully saturated rings. The van der Waals surface area contributed by atoms with Crippen LogP contribution in [0.4, 0.5) is 4.39 Å². The molecule has 0 aromatic heterocycles. The topological polar surface area (TPSA) is 38.7 Å². The van der Waals surface area contributed by atoms with Crippen molar-refractivity contribution < 1.29 is 19.0 Å². The highest BCUT2D eigenvalue weighted by atomic mass is 19.2. The third-order valence-corrected chi connectivity index (χ3v) is 1.63. The van der Waals surface area contributed by atoms with Crippen LogP contribution in [-0.2, 0) is 6.61 Å². The van der Waals surface area contributed by atoms with Gasteiger partial charge in [-0.25, -0.2) is 0 Å². The number of ether oxygens (including phenoxy) is 2. The van der Waals surface area contributed by atoms with Gasteiger partial charge in [-0.2, -0.15) is 4.39 Å². The largest absolute Gasteiger partial charge is 0.425 e. The first-order valence-corrected chi connectivity index (χ1v) is 3.51. The van der Waals surface area contributed by atoms with Crippen LogP contribution < -0.4 is 9.47 Å². The second-order valence-corrected chi connectivity index (χ2v) is 2.45. The van der Waals surface area contributed by atoms with E-state index in [0.29, 0.717) is 17.1 Å². The molecule has 0 bridgehead atoms. The van der Waals surface area contributed by atoms with Crippen LogP contribution in [0.15, 0.2) is 18.2 Å². The first-order valence-electron chi connectivity index (χ1n) is 3.51. The van der Waals surface area contributed by atoms with Gasteiger partial charge in [-0.3, -0.25) is 0 Å². The molecule has 4 heteroatoms. The van der Waals surface area contributed by atoms with E-state index < -0.39 is 6.54 Å². The average Bonchev–Trinajstić information content (AvgIpc) is 2.43. The van der Waals surface area contributed by atoms with Gasteiger partial charge in [-0.15, -0.1) is 0 Å². The lowest BCUT2D eigenvalue weighted by Crippen LogP contribution is -2.09. The molecule has 0 radical (unpaired) electrons. The minimum atomic E-state index is -1.71. The summed E-state index contributed by atoms with van der Waals surface area (Å²) in [4.78, 5) is 0. The Morgan fingerprint density at radius 2 is 2.08 bits per heavy atom. The first kappa shape index (κ1) is 7.36. The van der Waals surface area contributed by atoms with Crippen LogP contribution in [0.1, 0.15) is 5.56 Å². The zero-order valence-electron chi connectivity index (χ0n) is 6.16. The molecule has 64 valence electrons. The van der Waals surface area contributed by atoms with Crippen molar-refractivity contribution in [2.24, 2.45) is 0 Å². The summed E-state index contributed by atoms with van der Waals surface area (Å²) in [6, 6.07) is 4.77. The fourth-order valence-corrected chi connectivity index (χ4v) is 1.06. The monoisotopic (exact) mass is 170 g/mol. The van der Waals surface area contributed by atoms with Gasteiger partial charge in [-0.1, -0.05) is 6.07 Å². The fourth-order valence-electron chi connectivity index (χ4n) is 1.06. The molecule has 0 saturated carbocycles. The zero-order chi connectivity index (χ0) is 8.55. The summed E-state index contributed by atoms with van der Waals surface area (Å²) in [7, 11) is 0. The number of benzene rings is 1. The number of fused-ring (bicyclic) bond motifs is 1. The molecule has 3 nitrogen and oxygen atoms in total. The Bertz CT molecular complexity index is 300. The van der Waals surface area contributed by atoms with Gasteiger partial charge >= 0.3 is 6.54 Å². The van der Waals surface area contributed by atoms with Crippen LogP contribution in [0.5, 0.6) is 11.5 Å². The van der Waals surface area contributed by atoms with Gasteiger partial charge < -0.3 is 14.6 Å². The van der Waals surface area contributed by atoms with E-state index >= 15 is 0 Å². The lowest BCUT2D eigenvalue weighted by Gasteiger charge is -1.97. The van der Waals surface area contributed by atoms with Gasteiger partial charge in [0.05, 0.1) is 6.61 Å². The van der Waals surface area contributed by atoms with E-state index in [0.717, 1.165) is 0 Å². The molecule has 1 aliphatic rings. The quantitative estimate of drug-likeness (QED) is 0.688. The number of hydrogen-bond acceptors (Lipinski definition) is 3. The Morgan fingerprint density at radius 3 is 2.83 bits per heavy atom. The molecule has 1 aliphatic heterocycles.